The molecule has 0 aliphatic carbocycles. The average molecular weight is 298 g/mol. The molecule has 1 N–H and O–H groups in total. The summed E-state index contributed by atoms with van der Waals surface area (Å²) >= 11 is 0. The molecular weight excluding hydrogens is 267 g/mol. The van der Waals surface area contributed by atoms with E-state index in [4.69, 9.17) is 4.55 Å². The molecule has 112 valence electrons. The van der Waals surface area contributed by atoms with Crippen molar-refractivity contribution in [2.45, 2.75) is 41.5 Å². The summed E-state index contributed by atoms with van der Waals surface area (Å²) in [6.45, 7) is 14.1. The molecule has 18 heavy (non-hydrogen) atoms. The molecule has 0 bridgehead atoms. The van der Waals surface area contributed by atoms with Gasteiger partial charge in [0.05, 0.1) is 6.26 Å². The SMILES string of the molecule is CC(C)CP(CC(C)C)CC(C)C.CS(=O)(=O)O. The highest BCUT2D eigenvalue weighted by Gasteiger charge is 2.13. The highest BCUT2D eigenvalue weighted by molar-refractivity contribution is 7.85. The van der Waals surface area contributed by atoms with Crippen molar-refractivity contribution in [3.05, 3.63) is 0 Å². The largest absolute Gasteiger partial charge is 0.286 e. The lowest BCUT2D eigenvalue weighted by Gasteiger charge is -2.23. The number of rotatable bonds is 6. The molecule has 0 spiro atoms. The smallest absolute Gasteiger partial charge is 0.261 e. The molecule has 3 nitrogen and oxygen atoms in total. The van der Waals surface area contributed by atoms with Crippen molar-refractivity contribution in [3.63, 3.8) is 0 Å². The Labute approximate surface area is 115 Å². The maximum atomic E-state index is 9.19. The molecule has 0 radical (unpaired) electrons. The van der Waals surface area contributed by atoms with E-state index in [1.165, 1.54) is 18.5 Å². The van der Waals surface area contributed by atoms with Crippen molar-refractivity contribution in [2.75, 3.05) is 24.7 Å². The minimum atomic E-state index is -3.67. The predicted molar refractivity (Wildman–Crippen MR) is 83.5 cm³/mol. The van der Waals surface area contributed by atoms with Gasteiger partial charge in [0.2, 0.25) is 0 Å². The van der Waals surface area contributed by atoms with Crippen LogP contribution in [-0.2, 0) is 10.1 Å². The van der Waals surface area contributed by atoms with Gasteiger partial charge in [-0.25, -0.2) is 0 Å². The Morgan fingerprint density at radius 2 is 1.00 bits per heavy atom. The van der Waals surface area contributed by atoms with Gasteiger partial charge in [0, 0.05) is 0 Å². The summed E-state index contributed by atoms with van der Waals surface area (Å²) in [5, 5.41) is 0. The van der Waals surface area contributed by atoms with Crippen molar-refractivity contribution in [2.24, 2.45) is 17.8 Å². The molecule has 0 saturated carbocycles. The van der Waals surface area contributed by atoms with E-state index in [-0.39, 0.29) is 0 Å². The second-order valence-corrected chi connectivity index (χ2v) is 10.0. The number of hydrogen-bond donors (Lipinski definition) is 1. The van der Waals surface area contributed by atoms with Gasteiger partial charge in [0.1, 0.15) is 0 Å². The molecule has 0 aliphatic rings. The summed E-state index contributed by atoms with van der Waals surface area (Å²) in [7, 11) is -3.35. The van der Waals surface area contributed by atoms with Gasteiger partial charge in [-0.2, -0.15) is 8.42 Å². The Morgan fingerprint density at radius 1 is 0.833 bits per heavy atom. The van der Waals surface area contributed by atoms with Crippen LogP contribution < -0.4 is 0 Å². The summed E-state index contributed by atoms with van der Waals surface area (Å²) in [4.78, 5) is 0. The highest BCUT2D eigenvalue weighted by Crippen LogP contribution is 2.41. The Bertz CT molecular complexity index is 253. The third kappa shape index (κ3) is 25.3. The minimum Gasteiger partial charge on any atom is -0.286 e. The lowest BCUT2D eigenvalue weighted by atomic mass is 10.3. The Morgan fingerprint density at radius 3 is 1.11 bits per heavy atom. The van der Waals surface area contributed by atoms with Crippen molar-refractivity contribution >= 4 is 18.0 Å². The van der Waals surface area contributed by atoms with E-state index in [1.54, 1.807) is 0 Å². The van der Waals surface area contributed by atoms with E-state index in [0.717, 1.165) is 17.8 Å². The summed E-state index contributed by atoms with van der Waals surface area (Å²) in [6.07, 6.45) is 5.15. The van der Waals surface area contributed by atoms with Crippen LogP contribution in [0.25, 0.3) is 0 Å². The zero-order chi connectivity index (χ0) is 14.9. The van der Waals surface area contributed by atoms with Gasteiger partial charge in [0.25, 0.3) is 10.1 Å². The van der Waals surface area contributed by atoms with E-state index in [0.29, 0.717) is 14.2 Å². The molecule has 0 fully saturated rings. The first-order valence-corrected chi connectivity index (χ1v) is 10.3. The minimum absolute atomic E-state index is 0.321. The topological polar surface area (TPSA) is 54.4 Å². The van der Waals surface area contributed by atoms with E-state index < -0.39 is 10.1 Å². The van der Waals surface area contributed by atoms with Crippen molar-refractivity contribution in [3.8, 4) is 0 Å². The van der Waals surface area contributed by atoms with Crippen molar-refractivity contribution in [1.82, 2.24) is 0 Å². The molecule has 0 aliphatic heterocycles. The summed E-state index contributed by atoms with van der Waals surface area (Å²) in [6, 6.07) is 0. The van der Waals surface area contributed by atoms with Crippen LogP contribution in [0, 0.1) is 17.8 Å². The van der Waals surface area contributed by atoms with Crippen LogP contribution in [0.1, 0.15) is 41.5 Å². The summed E-state index contributed by atoms with van der Waals surface area (Å²) in [5.41, 5.74) is 0. The Hall–Kier alpha value is 0.340. The van der Waals surface area contributed by atoms with Gasteiger partial charge >= 0.3 is 0 Å². The second kappa shape index (κ2) is 10.2. The van der Waals surface area contributed by atoms with Crippen LogP contribution in [0.3, 0.4) is 0 Å². The molecule has 0 rings (SSSR count). The first-order valence-electron chi connectivity index (χ1n) is 6.56. The number of hydrogen-bond acceptors (Lipinski definition) is 2. The van der Waals surface area contributed by atoms with Crippen LogP contribution in [-0.4, -0.2) is 37.7 Å². The fourth-order valence-corrected chi connectivity index (χ4v) is 5.32. The first-order chi connectivity index (χ1) is 7.91. The zero-order valence-electron chi connectivity index (χ0n) is 13.0. The first kappa shape index (κ1) is 20.7. The van der Waals surface area contributed by atoms with Gasteiger partial charge in [-0.1, -0.05) is 41.5 Å². The molecular formula is C13H31O3PS. The Kier molecular flexibility index (Phi) is 11.7. The van der Waals surface area contributed by atoms with Crippen LogP contribution >= 0.6 is 7.92 Å². The molecule has 0 saturated heterocycles. The van der Waals surface area contributed by atoms with Gasteiger partial charge in [-0.15, -0.1) is 7.92 Å². The molecule has 0 atom stereocenters. The standard InChI is InChI=1S/C12H27P.CH4O3S/c1-10(2)7-13(8-11(3)4)9-12(5)6;1-5(2,3)4/h10-12H,7-9H2,1-6H3;1H3,(H,2,3,4). The molecule has 0 aromatic rings. The van der Waals surface area contributed by atoms with E-state index >= 15 is 0 Å². The zero-order valence-corrected chi connectivity index (χ0v) is 14.7. The average Bonchev–Trinajstić information content (AvgIpc) is 1.94. The third-order valence-electron chi connectivity index (χ3n) is 1.87. The van der Waals surface area contributed by atoms with E-state index in [1.807, 2.05) is 0 Å². The predicted octanol–water partition coefficient (Wildman–Crippen LogP) is 3.94. The van der Waals surface area contributed by atoms with Gasteiger partial charge in [-0.05, 0) is 36.2 Å². The van der Waals surface area contributed by atoms with Crippen LogP contribution in [0.5, 0.6) is 0 Å². The van der Waals surface area contributed by atoms with Gasteiger partial charge < -0.3 is 0 Å². The molecule has 0 amide bonds. The van der Waals surface area contributed by atoms with Crippen molar-refractivity contribution < 1.29 is 13.0 Å². The van der Waals surface area contributed by atoms with Gasteiger partial charge in [0.15, 0.2) is 0 Å². The summed E-state index contributed by atoms with van der Waals surface area (Å²) in [5.74, 6) is 2.68. The van der Waals surface area contributed by atoms with E-state index in [9.17, 15) is 8.42 Å². The van der Waals surface area contributed by atoms with Crippen LogP contribution in [0.15, 0.2) is 0 Å². The Balaban J connectivity index is 0. The van der Waals surface area contributed by atoms with Crippen molar-refractivity contribution in [1.29, 1.82) is 0 Å². The monoisotopic (exact) mass is 298 g/mol. The van der Waals surface area contributed by atoms with E-state index in [2.05, 4.69) is 41.5 Å². The molecule has 5 heteroatoms. The van der Waals surface area contributed by atoms with Crippen LogP contribution in [0.2, 0.25) is 0 Å². The fourth-order valence-electron chi connectivity index (χ4n) is 1.77. The maximum Gasteiger partial charge on any atom is 0.261 e. The molecule has 0 heterocycles. The summed E-state index contributed by atoms with van der Waals surface area (Å²) < 4.78 is 25.9. The normalized spacial score (nSPS) is 12.2. The fraction of sp³-hybridized carbons (Fsp3) is 1.00. The molecule has 0 aromatic carbocycles. The highest BCUT2D eigenvalue weighted by atomic mass is 32.2. The maximum absolute atomic E-state index is 9.19. The molecule has 0 unspecified atom stereocenters. The second-order valence-electron chi connectivity index (χ2n) is 6.13. The quantitative estimate of drug-likeness (QED) is 0.597. The molecule has 0 aromatic heterocycles. The van der Waals surface area contributed by atoms with Crippen LogP contribution in [0.4, 0.5) is 0 Å². The lowest BCUT2D eigenvalue weighted by Crippen LogP contribution is -2.07. The van der Waals surface area contributed by atoms with Gasteiger partial charge in [-0.3, -0.25) is 4.55 Å². The lowest BCUT2D eigenvalue weighted by molar-refractivity contribution is 0.490. The third-order valence-corrected chi connectivity index (χ3v) is 5.61.